The highest BCUT2D eigenvalue weighted by atomic mass is 19.1. The van der Waals surface area contributed by atoms with Gasteiger partial charge in [-0.3, -0.25) is 4.79 Å². The van der Waals surface area contributed by atoms with Crippen LogP contribution in [0.5, 0.6) is 5.75 Å². The van der Waals surface area contributed by atoms with Crippen LogP contribution in [0.1, 0.15) is 10.4 Å². The van der Waals surface area contributed by atoms with E-state index in [9.17, 15) is 9.18 Å². The van der Waals surface area contributed by atoms with E-state index in [1.807, 2.05) is 0 Å². The van der Waals surface area contributed by atoms with Gasteiger partial charge in [0.1, 0.15) is 0 Å². The molecule has 0 aliphatic carbocycles. The van der Waals surface area contributed by atoms with Gasteiger partial charge in [-0.2, -0.15) is 0 Å². The van der Waals surface area contributed by atoms with Crippen molar-refractivity contribution >= 4 is 23.0 Å². The molecule has 0 unspecified atom stereocenters. The molecule has 4 N–H and O–H groups in total. The molecular weight excluding hydrogens is 273 g/mol. The van der Waals surface area contributed by atoms with E-state index >= 15 is 0 Å². The Morgan fingerprint density at radius 3 is 2.67 bits per heavy atom. The highest BCUT2D eigenvalue weighted by Gasteiger charge is 2.11. The zero-order valence-corrected chi connectivity index (χ0v) is 11.7. The number of benzene rings is 2. The van der Waals surface area contributed by atoms with Gasteiger partial charge >= 0.3 is 0 Å². The highest BCUT2D eigenvalue weighted by molar-refractivity contribution is 6.00. The number of nitrogen functional groups attached to an aromatic ring is 1. The van der Waals surface area contributed by atoms with E-state index < -0.39 is 5.82 Å². The molecule has 21 heavy (non-hydrogen) atoms. The first-order valence-electron chi connectivity index (χ1n) is 6.27. The number of hydrogen-bond acceptors (Lipinski definition) is 4. The number of hydrogen-bond donors (Lipinski definition) is 3. The van der Waals surface area contributed by atoms with Crippen molar-refractivity contribution < 1.29 is 13.9 Å². The lowest BCUT2D eigenvalue weighted by atomic mass is 10.1. The fourth-order valence-electron chi connectivity index (χ4n) is 1.89. The molecule has 0 bridgehead atoms. The number of anilines is 3. The van der Waals surface area contributed by atoms with Gasteiger partial charge in [0.2, 0.25) is 0 Å². The predicted molar refractivity (Wildman–Crippen MR) is 80.5 cm³/mol. The zero-order chi connectivity index (χ0) is 15.4. The van der Waals surface area contributed by atoms with E-state index in [1.54, 1.807) is 31.3 Å². The summed E-state index contributed by atoms with van der Waals surface area (Å²) in [5.41, 5.74) is 7.82. The molecule has 1 amide bonds. The number of nitrogens with two attached hydrogens (primary N) is 1. The Labute approximate surface area is 121 Å². The van der Waals surface area contributed by atoms with Gasteiger partial charge in [0.25, 0.3) is 5.91 Å². The standard InChI is InChI=1S/C15H16FN3O2/c1-18-15(20)11-5-3-9(17)7-13(11)19-10-4-6-12(16)14(8-10)21-2/h3-8,19H,17H2,1-2H3,(H,18,20). The van der Waals surface area contributed by atoms with Crippen LogP contribution in [0.4, 0.5) is 21.5 Å². The Morgan fingerprint density at radius 1 is 1.24 bits per heavy atom. The van der Waals surface area contributed by atoms with Crippen LogP contribution < -0.4 is 21.1 Å². The summed E-state index contributed by atoms with van der Waals surface area (Å²) in [4.78, 5) is 11.8. The summed E-state index contributed by atoms with van der Waals surface area (Å²) >= 11 is 0. The van der Waals surface area contributed by atoms with Gasteiger partial charge in [-0.1, -0.05) is 0 Å². The summed E-state index contributed by atoms with van der Waals surface area (Å²) in [5, 5.41) is 5.60. The fraction of sp³-hybridized carbons (Fsp3) is 0.133. The second kappa shape index (κ2) is 6.13. The largest absolute Gasteiger partial charge is 0.494 e. The van der Waals surface area contributed by atoms with Crippen molar-refractivity contribution in [1.29, 1.82) is 0 Å². The van der Waals surface area contributed by atoms with Crippen LogP contribution in [0.15, 0.2) is 36.4 Å². The van der Waals surface area contributed by atoms with Crippen LogP contribution in [-0.2, 0) is 0 Å². The van der Waals surface area contributed by atoms with E-state index in [0.29, 0.717) is 22.6 Å². The van der Waals surface area contributed by atoms with Gasteiger partial charge in [-0.25, -0.2) is 4.39 Å². The maximum atomic E-state index is 13.4. The molecule has 0 heterocycles. The summed E-state index contributed by atoms with van der Waals surface area (Å²) in [5.74, 6) is -0.584. The van der Waals surface area contributed by atoms with Crippen molar-refractivity contribution in [3.8, 4) is 5.75 Å². The minimum atomic E-state index is -0.456. The lowest BCUT2D eigenvalue weighted by Gasteiger charge is -2.13. The average molecular weight is 289 g/mol. The van der Waals surface area contributed by atoms with E-state index in [1.165, 1.54) is 19.2 Å². The summed E-state index contributed by atoms with van der Waals surface area (Å²) in [6, 6.07) is 9.24. The van der Waals surface area contributed by atoms with E-state index in [-0.39, 0.29) is 11.7 Å². The van der Waals surface area contributed by atoms with Crippen LogP contribution in [-0.4, -0.2) is 20.1 Å². The molecule has 2 aromatic carbocycles. The van der Waals surface area contributed by atoms with Gasteiger partial charge in [-0.05, 0) is 30.3 Å². The van der Waals surface area contributed by atoms with E-state index in [2.05, 4.69) is 10.6 Å². The Kier molecular flexibility index (Phi) is 4.27. The second-order valence-corrected chi connectivity index (χ2v) is 4.36. The molecule has 0 spiro atoms. The van der Waals surface area contributed by atoms with Crippen LogP contribution >= 0.6 is 0 Å². The number of methoxy groups -OCH3 is 1. The molecule has 0 saturated heterocycles. The third kappa shape index (κ3) is 3.22. The molecule has 2 rings (SSSR count). The SMILES string of the molecule is CNC(=O)c1ccc(N)cc1Nc1ccc(F)c(OC)c1. The van der Waals surface area contributed by atoms with Crippen molar-refractivity contribution in [3.05, 3.63) is 47.8 Å². The maximum absolute atomic E-state index is 13.4. The zero-order valence-electron chi connectivity index (χ0n) is 11.7. The van der Waals surface area contributed by atoms with Gasteiger partial charge in [0.15, 0.2) is 11.6 Å². The summed E-state index contributed by atoms with van der Waals surface area (Å²) < 4.78 is 18.3. The third-order valence-corrected chi connectivity index (χ3v) is 2.95. The Morgan fingerprint density at radius 2 is 2.00 bits per heavy atom. The molecule has 5 nitrogen and oxygen atoms in total. The number of carbonyl (C=O) groups excluding carboxylic acids is 1. The molecule has 0 aliphatic heterocycles. The Bertz CT molecular complexity index is 674. The molecule has 0 fully saturated rings. The predicted octanol–water partition coefficient (Wildman–Crippen LogP) is 2.52. The number of amides is 1. The lowest BCUT2D eigenvalue weighted by molar-refractivity contribution is 0.0964. The molecule has 0 radical (unpaired) electrons. The van der Waals surface area contributed by atoms with Crippen molar-refractivity contribution in [1.82, 2.24) is 5.32 Å². The van der Waals surface area contributed by atoms with Crippen molar-refractivity contribution in [2.75, 3.05) is 25.2 Å². The first-order chi connectivity index (χ1) is 10.0. The molecule has 0 aromatic heterocycles. The molecular formula is C15H16FN3O2. The first kappa shape index (κ1) is 14.6. The van der Waals surface area contributed by atoms with E-state index in [4.69, 9.17) is 10.5 Å². The normalized spacial score (nSPS) is 10.0. The molecule has 0 aliphatic rings. The van der Waals surface area contributed by atoms with Gasteiger partial charge in [-0.15, -0.1) is 0 Å². The first-order valence-corrected chi connectivity index (χ1v) is 6.27. The number of ether oxygens (including phenoxy) is 1. The smallest absolute Gasteiger partial charge is 0.253 e. The number of nitrogens with one attached hydrogen (secondary N) is 2. The molecule has 2 aromatic rings. The summed E-state index contributed by atoms with van der Waals surface area (Å²) in [7, 11) is 2.93. The topological polar surface area (TPSA) is 76.4 Å². The minimum absolute atomic E-state index is 0.116. The number of rotatable bonds is 4. The van der Waals surface area contributed by atoms with Crippen LogP contribution in [0.2, 0.25) is 0 Å². The van der Waals surface area contributed by atoms with Crippen LogP contribution in [0.25, 0.3) is 0 Å². The quantitative estimate of drug-likeness (QED) is 0.756. The van der Waals surface area contributed by atoms with Crippen LogP contribution in [0.3, 0.4) is 0 Å². The summed E-state index contributed by atoms with van der Waals surface area (Å²) in [6.07, 6.45) is 0. The number of carbonyl (C=O) groups is 1. The Balaban J connectivity index is 2.38. The van der Waals surface area contributed by atoms with Gasteiger partial charge in [0, 0.05) is 24.5 Å². The molecule has 6 heteroatoms. The molecule has 0 atom stereocenters. The fourth-order valence-corrected chi connectivity index (χ4v) is 1.89. The number of halogens is 1. The third-order valence-electron chi connectivity index (χ3n) is 2.95. The van der Waals surface area contributed by atoms with Gasteiger partial charge in [0.05, 0.1) is 18.4 Å². The summed E-state index contributed by atoms with van der Waals surface area (Å²) in [6.45, 7) is 0. The van der Waals surface area contributed by atoms with E-state index in [0.717, 1.165) is 0 Å². The second-order valence-electron chi connectivity index (χ2n) is 4.36. The van der Waals surface area contributed by atoms with Crippen LogP contribution in [0, 0.1) is 5.82 Å². The molecule has 110 valence electrons. The average Bonchev–Trinajstić information content (AvgIpc) is 2.48. The highest BCUT2D eigenvalue weighted by Crippen LogP contribution is 2.27. The lowest BCUT2D eigenvalue weighted by Crippen LogP contribution is -2.19. The molecule has 0 saturated carbocycles. The monoisotopic (exact) mass is 289 g/mol. The van der Waals surface area contributed by atoms with Gasteiger partial charge < -0.3 is 21.1 Å². The van der Waals surface area contributed by atoms with Crippen molar-refractivity contribution in [2.24, 2.45) is 0 Å². The van der Waals surface area contributed by atoms with Crippen molar-refractivity contribution in [2.45, 2.75) is 0 Å². The maximum Gasteiger partial charge on any atom is 0.253 e. The Hall–Kier alpha value is -2.76. The minimum Gasteiger partial charge on any atom is -0.494 e. The van der Waals surface area contributed by atoms with Crippen molar-refractivity contribution in [3.63, 3.8) is 0 Å².